The molecule has 7 nitrogen and oxygen atoms in total. The second-order valence-corrected chi connectivity index (χ2v) is 7.10. The lowest BCUT2D eigenvalue weighted by molar-refractivity contribution is -0.518. The van der Waals surface area contributed by atoms with Crippen LogP contribution in [0.2, 0.25) is 0 Å². The number of nitro groups is 1. The van der Waals surface area contributed by atoms with Crippen molar-refractivity contribution in [3.63, 3.8) is 0 Å². The molecule has 0 atom stereocenters. The van der Waals surface area contributed by atoms with Crippen LogP contribution in [-0.2, 0) is 16.4 Å². The molecule has 0 aliphatic carbocycles. The first-order valence-electron chi connectivity index (χ1n) is 7.87. The smallest absolute Gasteiger partial charge is 0.303 e. The van der Waals surface area contributed by atoms with Crippen LogP contribution in [0.5, 0.6) is 0 Å². The summed E-state index contributed by atoms with van der Waals surface area (Å²) in [7, 11) is -4.08. The molecule has 0 aliphatic rings. The number of hydrogen-bond acceptors (Lipinski definition) is 5. The number of sulfonamides is 1. The molecule has 0 saturated carbocycles. The van der Waals surface area contributed by atoms with Gasteiger partial charge in [0.25, 0.3) is 0 Å². The molecule has 0 heterocycles. The summed E-state index contributed by atoms with van der Waals surface area (Å²) < 4.78 is 23.3. The van der Waals surface area contributed by atoms with Gasteiger partial charge in [-0.05, 0) is 67.8 Å². The molecule has 0 saturated heterocycles. The van der Waals surface area contributed by atoms with Crippen LogP contribution in [0.3, 0.4) is 0 Å². The molecule has 0 aromatic heterocycles. The first kappa shape index (κ1) is 19.4. The van der Waals surface area contributed by atoms with Crippen LogP contribution in [-0.4, -0.2) is 38.0 Å². The predicted molar refractivity (Wildman–Crippen MR) is 89.1 cm³/mol. The van der Waals surface area contributed by atoms with Crippen molar-refractivity contribution in [2.75, 3.05) is 19.6 Å². The Morgan fingerprint density at radius 1 is 1.09 bits per heavy atom. The minimum Gasteiger partial charge on any atom is -0.303 e. The van der Waals surface area contributed by atoms with Crippen molar-refractivity contribution in [3.8, 4) is 0 Å². The van der Waals surface area contributed by atoms with E-state index in [1.165, 1.54) is 17.0 Å². The molecule has 0 amide bonds. The molecule has 23 heavy (non-hydrogen) atoms. The fourth-order valence-corrected chi connectivity index (χ4v) is 3.26. The molecule has 0 bridgehead atoms. The maximum absolute atomic E-state index is 11.6. The number of benzene rings is 1. The van der Waals surface area contributed by atoms with Crippen molar-refractivity contribution in [1.29, 1.82) is 0 Å². The highest BCUT2D eigenvalue weighted by Crippen LogP contribution is 2.12. The van der Waals surface area contributed by atoms with E-state index in [9.17, 15) is 18.5 Å². The monoisotopic (exact) mass is 343 g/mol. The van der Waals surface area contributed by atoms with Gasteiger partial charge in [-0.25, -0.2) is 10.1 Å². The average Bonchev–Trinajstić information content (AvgIpc) is 2.47. The minimum absolute atomic E-state index is 0.100. The third-order valence-corrected chi connectivity index (χ3v) is 4.73. The minimum atomic E-state index is -4.08. The summed E-state index contributed by atoms with van der Waals surface area (Å²) in [6.07, 6.45) is 4.12. The Labute approximate surface area is 137 Å². The molecule has 1 rings (SSSR count). The molecule has 130 valence electrons. The van der Waals surface area contributed by atoms with Crippen LogP contribution >= 0.6 is 0 Å². The SMILES string of the molecule is CCCN(CCC)CCCc1ccc(S(=O)(=O)N[N+](=O)[O-])cc1. The zero-order valence-electron chi connectivity index (χ0n) is 13.7. The fourth-order valence-electron chi connectivity index (χ4n) is 2.46. The van der Waals surface area contributed by atoms with E-state index < -0.39 is 15.1 Å². The van der Waals surface area contributed by atoms with Gasteiger partial charge in [0.15, 0.2) is 5.03 Å². The van der Waals surface area contributed by atoms with Crippen LogP contribution in [0.15, 0.2) is 29.2 Å². The highest BCUT2D eigenvalue weighted by atomic mass is 32.2. The third-order valence-electron chi connectivity index (χ3n) is 3.45. The van der Waals surface area contributed by atoms with Crippen LogP contribution in [0.4, 0.5) is 0 Å². The molecule has 0 aliphatic heterocycles. The molecule has 1 aromatic carbocycles. The Bertz CT molecular complexity index is 581. The Morgan fingerprint density at radius 3 is 2.13 bits per heavy atom. The normalized spacial score (nSPS) is 11.6. The van der Waals surface area contributed by atoms with Gasteiger partial charge in [-0.3, -0.25) is 0 Å². The molecule has 1 N–H and O–H groups in total. The van der Waals surface area contributed by atoms with Crippen LogP contribution in [0.25, 0.3) is 0 Å². The van der Waals surface area contributed by atoms with Gasteiger partial charge in [0.1, 0.15) is 0 Å². The molecule has 0 radical (unpaired) electrons. The van der Waals surface area contributed by atoms with Crippen molar-refractivity contribution in [2.45, 2.75) is 44.4 Å². The quantitative estimate of drug-likeness (QED) is 0.491. The summed E-state index contributed by atoms with van der Waals surface area (Å²) in [5, 5.41) is 9.21. The Morgan fingerprint density at radius 2 is 1.65 bits per heavy atom. The van der Waals surface area contributed by atoms with Crippen LogP contribution < -0.4 is 4.83 Å². The van der Waals surface area contributed by atoms with Gasteiger partial charge >= 0.3 is 10.0 Å². The largest absolute Gasteiger partial charge is 0.311 e. The van der Waals surface area contributed by atoms with Crippen molar-refractivity contribution in [1.82, 2.24) is 9.73 Å². The summed E-state index contributed by atoms with van der Waals surface area (Å²) in [6, 6.07) is 6.21. The molecule has 8 heteroatoms. The van der Waals surface area contributed by atoms with Gasteiger partial charge in [0.05, 0.1) is 4.90 Å². The number of nitrogens with one attached hydrogen (secondary N) is 1. The first-order chi connectivity index (χ1) is 10.9. The summed E-state index contributed by atoms with van der Waals surface area (Å²) in [4.78, 5) is 13.9. The Kier molecular flexibility index (Phi) is 7.97. The number of nitrogens with zero attached hydrogens (tertiary/aromatic N) is 2. The average molecular weight is 343 g/mol. The Balaban J connectivity index is 2.56. The molecule has 1 aromatic rings. The topological polar surface area (TPSA) is 92.6 Å². The third kappa shape index (κ3) is 6.96. The van der Waals surface area contributed by atoms with Gasteiger partial charge in [-0.15, -0.1) is 0 Å². The number of hydrogen-bond donors (Lipinski definition) is 1. The van der Waals surface area contributed by atoms with E-state index in [1.54, 1.807) is 12.1 Å². The van der Waals surface area contributed by atoms with Crippen molar-refractivity contribution in [2.24, 2.45) is 0 Å². The maximum Gasteiger partial charge on any atom is 0.311 e. The zero-order valence-corrected chi connectivity index (χ0v) is 14.5. The molecular formula is C15H25N3O4S. The van der Waals surface area contributed by atoms with E-state index in [0.717, 1.165) is 50.9 Å². The second kappa shape index (κ2) is 9.46. The molecule has 0 unspecified atom stereocenters. The van der Waals surface area contributed by atoms with Gasteiger partial charge in [-0.1, -0.05) is 26.0 Å². The fraction of sp³-hybridized carbons (Fsp3) is 0.600. The maximum atomic E-state index is 11.6. The van der Waals surface area contributed by atoms with Crippen LogP contribution in [0.1, 0.15) is 38.7 Å². The van der Waals surface area contributed by atoms with Gasteiger partial charge in [-0.2, -0.15) is 8.42 Å². The molecular weight excluding hydrogens is 318 g/mol. The van der Waals surface area contributed by atoms with E-state index in [-0.39, 0.29) is 4.90 Å². The van der Waals surface area contributed by atoms with Gasteiger partial charge in [0.2, 0.25) is 0 Å². The summed E-state index contributed by atoms with van der Waals surface area (Å²) >= 11 is 0. The second-order valence-electron chi connectivity index (χ2n) is 5.44. The van der Waals surface area contributed by atoms with E-state index >= 15 is 0 Å². The van der Waals surface area contributed by atoms with E-state index in [4.69, 9.17) is 0 Å². The van der Waals surface area contributed by atoms with E-state index in [0.29, 0.717) is 0 Å². The lowest BCUT2D eigenvalue weighted by Gasteiger charge is -2.20. The molecule has 0 fully saturated rings. The Hall–Kier alpha value is -1.67. The van der Waals surface area contributed by atoms with Crippen LogP contribution in [0, 0.1) is 10.1 Å². The summed E-state index contributed by atoms with van der Waals surface area (Å²) in [5.74, 6) is 0. The van der Waals surface area contributed by atoms with Gasteiger partial charge in [0, 0.05) is 0 Å². The zero-order chi connectivity index (χ0) is 17.3. The van der Waals surface area contributed by atoms with E-state index in [2.05, 4.69) is 18.7 Å². The standard InChI is InChI=1S/C15H25N3O4S/c1-3-11-17(12-4-2)13-5-6-14-7-9-15(10-8-14)23(21,22)16-18(19)20/h7-10,16H,3-6,11-13H2,1-2H3. The molecule has 0 spiro atoms. The number of rotatable bonds is 11. The van der Waals surface area contributed by atoms with Gasteiger partial charge < -0.3 is 4.90 Å². The number of aryl methyl sites for hydroxylation is 1. The first-order valence-corrected chi connectivity index (χ1v) is 9.35. The highest BCUT2D eigenvalue weighted by Gasteiger charge is 2.18. The van der Waals surface area contributed by atoms with Crippen molar-refractivity contribution < 1.29 is 13.5 Å². The summed E-state index contributed by atoms with van der Waals surface area (Å²) in [6.45, 7) is 7.54. The summed E-state index contributed by atoms with van der Waals surface area (Å²) in [5.41, 5.74) is 1.03. The lowest BCUT2D eigenvalue weighted by Crippen LogP contribution is -2.29. The van der Waals surface area contributed by atoms with Crippen molar-refractivity contribution in [3.05, 3.63) is 39.9 Å². The van der Waals surface area contributed by atoms with E-state index in [1.807, 2.05) is 0 Å². The van der Waals surface area contributed by atoms with Crippen molar-refractivity contribution >= 4 is 10.0 Å². The number of hydrazine groups is 1. The highest BCUT2D eigenvalue weighted by molar-refractivity contribution is 7.89. The predicted octanol–water partition coefficient (Wildman–Crippen LogP) is 2.21. The lowest BCUT2D eigenvalue weighted by atomic mass is 10.1.